The summed E-state index contributed by atoms with van der Waals surface area (Å²) < 4.78 is 5.91. The molecule has 5 nitrogen and oxygen atoms in total. The largest absolute Gasteiger partial charge is 0.489 e. The smallest absolute Gasteiger partial charge is 0.191 e. The maximum atomic E-state index is 5.91. The molecule has 26 heavy (non-hydrogen) atoms. The van der Waals surface area contributed by atoms with E-state index in [9.17, 15) is 0 Å². The van der Waals surface area contributed by atoms with Crippen LogP contribution in [-0.4, -0.2) is 37.2 Å². The van der Waals surface area contributed by atoms with Crippen molar-refractivity contribution in [2.75, 3.05) is 20.1 Å². The van der Waals surface area contributed by atoms with Crippen LogP contribution in [0.2, 0.25) is 5.15 Å². The molecule has 0 bridgehead atoms. The van der Waals surface area contributed by atoms with Gasteiger partial charge in [0.1, 0.15) is 17.0 Å². The third kappa shape index (κ3) is 8.23. The fourth-order valence-corrected chi connectivity index (χ4v) is 2.42. The van der Waals surface area contributed by atoms with Crippen LogP contribution in [0.1, 0.15) is 18.1 Å². The van der Waals surface area contributed by atoms with Gasteiger partial charge in [-0.2, -0.15) is 0 Å². The second-order valence-electron chi connectivity index (χ2n) is 5.86. The summed E-state index contributed by atoms with van der Waals surface area (Å²) in [5, 5.41) is 7.07. The molecule has 1 unspecified atom stereocenters. The SMILES string of the molecule is CN=C(NCCc1ccc(Cl)nc1)NCC(C)Oc1cccc(C)c1.I. The van der Waals surface area contributed by atoms with E-state index < -0.39 is 0 Å². The van der Waals surface area contributed by atoms with Gasteiger partial charge in [-0.3, -0.25) is 4.99 Å². The van der Waals surface area contributed by atoms with Gasteiger partial charge in [0, 0.05) is 19.8 Å². The summed E-state index contributed by atoms with van der Waals surface area (Å²) in [6.07, 6.45) is 2.67. The van der Waals surface area contributed by atoms with Crippen LogP contribution < -0.4 is 15.4 Å². The monoisotopic (exact) mass is 488 g/mol. The van der Waals surface area contributed by atoms with Crippen molar-refractivity contribution in [2.24, 2.45) is 4.99 Å². The second kappa shape index (κ2) is 12.0. The van der Waals surface area contributed by atoms with E-state index in [1.165, 1.54) is 5.56 Å². The fourth-order valence-electron chi connectivity index (χ4n) is 2.30. The van der Waals surface area contributed by atoms with Gasteiger partial charge in [-0.25, -0.2) is 4.98 Å². The lowest BCUT2D eigenvalue weighted by molar-refractivity contribution is 0.223. The number of guanidine groups is 1. The molecule has 0 aliphatic carbocycles. The highest BCUT2D eigenvalue weighted by Gasteiger charge is 2.06. The molecule has 1 aromatic heterocycles. The van der Waals surface area contributed by atoms with E-state index in [1.807, 2.05) is 31.2 Å². The molecule has 0 radical (unpaired) electrons. The summed E-state index contributed by atoms with van der Waals surface area (Å²) in [6.45, 7) is 5.51. The number of hydrogen-bond acceptors (Lipinski definition) is 3. The number of aromatic nitrogens is 1. The standard InChI is InChI=1S/C19H25ClN4O.HI/c1-14-5-4-6-17(11-14)25-15(2)12-24-19(21-3)22-10-9-16-7-8-18(20)23-13-16;/h4-8,11,13,15H,9-10,12H2,1-3H3,(H2,21,22,24);1H. The van der Waals surface area contributed by atoms with Gasteiger partial charge in [0.25, 0.3) is 0 Å². The minimum Gasteiger partial charge on any atom is -0.489 e. The van der Waals surface area contributed by atoms with Crippen molar-refractivity contribution >= 4 is 41.5 Å². The third-order valence-electron chi connectivity index (χ3n) is 3.60. The van der Waals surface area contributed by atoms with Gasteiger partial charge in [-0.05, 0) is 49.6 Å². The van der Waals surface area contributed by atoms with E-state index in [4.69, 9.17) is 16.3 Å². The minimum absolute atomic E-state index is 0. The molecule has 7 heteroatoms. The summed E-state index contributed by atoms with van der Waals surface area (Å²) in [4.78, 5) is 8.31. The fraction of sp³-hybridized carbons (Fsp3) is 0.368. The molecule has 0 aliphatic rings. The van der Waals surface area contributed by atoms with E-state index in [0.29, 0.717) is 11.7 Å². The van der Waals surface area contributed by atoms with Gasteiger partial charge in [0.05, 0.1) is 6.54 Å². The molecular weight excluding hydrogens is 463 g/mol. The van der Waals surface area contributed by atoms with Crippen LogP contribution in [0.3, 0.4) is 0 Å². The summed E-state index contributed by atoms with van der Waals surface area (Å²) in [5.74, 6) is 1.63. The Morgan fingerprint density at radius 3 is 2.73 bits per heavy atom. The minimum atomic E-state index is 0. The lowest BCUT2D eigenvalue weighted by Crippen LogP contribution is -2.42. The zero-order valence-electron chi connectivity index (χ0n) is 15.3. The molecule has 0 spiro atoms. The number of hydrogen-bond donors (Lipinski definition) is 2. The highest BCUT2D eigenvalue weighted by atomic mass is 127. The van der Waals surface area contributed by atoms with Crippen LogP contribution in [0.15, 0.2) is 47.6 Å². The summed E-state index contributed by atoms with van der Waals surface area (Å²) in [7, 11) is 1.76. The highest BCUT2D eigenvalue weighted by Crippen LogP contribution is 2.13. The van der Waals surface area contributed by atoms with Crippen LogP contribution in [0.5, 0.6) is 5.75 Å². The topological polar surface area (TPSA) is 58.5 Å². The average molecular weight is 489 g/mol. The lowest BCUT2D eigenvalue weighted by Gasteiger charge is -2.18. The molecule has 0 saturated heterocycles. The van der Waals surface area contributed by atoms with Crippen LogP contribution in [0.25, 0.3) is 0 Å². The summed E-state index contributed by atoms with van der Waals surface area (Å²) >= 11 is 5.79. The van der Waals surface area contributed by atoms with Crippen LogP contribution >= 0.6 is 35.6 Å². The number of nitrogens with zero attached hydrogens (tertiary/aromatic N) is 2. The summed E-state index contributed by atoms with van der Waals surface area (Å²) in [5.41, 5.74) is 2.32. The Hall–Kier alpha value is -1.54. The molecule has 0 amide bonds. The number of aryl methyl sites for hydroxylation is 1. The van der Waals surface area contributed by atoms with E-state index in [-0.39, 0.29) is 30.1 Å². The van der Waals surface area contributed by atoms with Gasteiger partial charge < -0.3 is 15.4 Å². The van der Waals surface area contributed by atoms with E-state index in [1.54, 1.807) is 19.3 Å². The van der Waals surface area contributed by atoms with Crippen molar-refractivity contribution in [1.29, 1.82) is 0 Å². The number of halogens is 2. The quantitative estimate of drug-likeness (QED) is 0.269. The lowest BCUT2D eigenvalue weighted by atomic mass is 10.2. The Bertz CT molecular complexity index is 694. The first kappa shape index (κ1) is 22.5. The maximum Gasteiger partial charge on any atom is 0.191 e. The Morgan fingerprint density at radius 2 is 2.08 bits per heavy atom. The van der Waals surface area contributed by atoms with Crippen molar-refractivity contribution in [3.63, 3.8) is 0 Å². The second-order valence-corrected chi connectivity index (χ2v) is 6.25. The first-order valence-electron chi connectivity index (χ1n) is 8.35. The Labute approximate surface area is 177 Å². The molecule has 2 rings (SSSR count). The van der Waals surface area contributed by atoms with Gasteiger partial charge in [-0.15, -0.1) is 24.0 Å². The molecule has 0 aliphatic heterocycles. The van der Waals surface area contributed by atoms with Gasteiger partial charge >= 0.3 is 0 Å². The molecule has 1 aromatic carbocycles. The number of rotatable bonds is 7. The number of benzene rings is 1. The zero-order chi connectivity index (χ0) is 18.1. The zero-order valence-corrected chi connectivity index (χ0v) is 18.4. The van der Waals surface area contributed by atoms with Crippen molar-refractivity contribution in [3.8, 4) is 5.75 Å². The van der Waals surface area contributed by atoms with Gasteiger partial charge in [-0.1, -0.05) is 29.8 Å². The van der Waals surface area contributed by atoms with Crippen molar-refractivity contribution in [2.45, 2.75) is 26.4 Å². The van der Waals surface area contributed by atoms with E-state index >= 15 is 0 Å². The Morgan fingerprint density at radius 1 is 1.27 bits per heavy atom. The predicted molar refractivity (Wildman–Crippen MR) is 119 cm³/mol. The molecular formula is C19H26ClIN4O. The van der Waals surface area contributed by atoms with Gasteiger partial charge in [0.2, 0.25) is 0 Å². The van der Waals surface area contributed by atoms with Crippen LogP contribution in [0, 0.1) is 6.92 Å². The average Bonchev–Trinajstić information content (AvgIpc) is 2.59. The number of aliphatic imine (C=N–C) groups is 1. The highest BCUT2D eigenvalue weighted by molar-refractivity contribution is 14.0. The van der Waals surface area contributed by atoms with E-state index in [0.717, 1.165) is 30.2 Å². The van der Waals surface area contributed by atoms with Crippen molar-refractivity contribution in [1.82, 2.24) is 15.6 Å². The predicted octanol–water partition coefficient (Wildman–Crippen LogP) is 3.84. The van der Waals surface area contributed by atoms with Gasteiger partial charge in [0.15, 0.2) is 5.96 Å². The molecule has 2 N–H and O–H groups in total. The molecule has 0 fully saturated rings. The Kier molecular flexibility index (Phi) is 10.3. The normalized spacial score (nSPS) is 12.1. The van der Waals surface area contributed by atoms with Crippen LogP contribution in [-0.2, 0) is 6.42 Å². The van der Waals surface area contributed by atoms with E-state index in [2.05, 4.69) is 33.6 Å². The molecule has 2 aromatic rings. The maximum absolute atomic E-state index is 5.91. The molecule has 1 atom stereocenters. The van der Waals surface area contributed by atoms with Crippen LogP contribution in [0.4, 0.5) is 0 Å². The van der Waals surface area contributed by atoms with Crippen molar-refractivity contribution < 1.29 is 4.74 Å². The number of pyridine rings is 1. The third-order valence-corrected chi connectivity index (χ3v) is 3.83. The first-order chi connectivity index (χ1) is 12.1. The first-order valence-corrected chi connectivity index (χ1v) is 8.73. The molecule has 0 saturated carbocycles. The number of ether oxygens (including phenoxy) is 1. The Balaban J connectivity index is 0.00000338. The molecule has 1 heterocycles. The van der Waals surface area contributed by atoms with Crippen molar-refractivity contribution in [3.05, 3.63) is 58.9 Å². The molecule has 142 valence electrons. The summed E-state index contributed by atoms with van der Waals surface area (Å²) in [6, 6.07) is 11.8. The number of nitrogens with one attached hydrogen (secondary N) is 2.